The molecule has 8 heteroatoms. The number of benzene rings is 2. The fourth-order valence-electron chi connectivity index (χ4n) is 1.87. The second kappa shape index (κ2) is 7.30. The molecule has 0 unspecified atom stereocenters. The van der Waals surface area contributed by atoms with Crippen molar-refractivity contribution in [3.63, 3.8) is 0 Å². The van der Waals surface area contributed by atoms with Crippen LogP contribution in [-0.4, -0.2) is 17.4 Å². The van der Waals surface area contributed by atoms with E-state index in [4.69, 9.17) is 23.2 Å². The molecule has 0 atom stereocenters. The van der Waals surface area contributed by atoms with Gasteiger partial charge in [0.15, 0.2) is 0 Å². The molecule has 2 N–H and O–H groups in total. The molecular formula is C15H13Cl2N3O3. The lowest BCUT2D eigenvalue weighted by atomic mass is 10.2. The maximum atomic E-state index is 11.9. The number of nitrogens with zero attached hydrogens (tertiary/aromatic N) is 1. The summed E-state index contributed by atoms with van der Waals surface area (Å²) in [6.45, 7) is 1.76. The molecule has 2 aromatic rings. The largest absolute Gasteiger partial charge is 0.376 e. The van der Waals surface area contributed by atoms with Gasteiger partial charge in [-0.15, -0.1) is 0 Å². The highest BCUT2D eigenvalue weighted by atomic mass is 35.5. The van der Waals surface area contributed by atoms with Crippen LogP contribution in [0.1, 0.15) is 5.56 Å². The number of nitro groups is 1. The van der Waals surface area contributed by atoms with Crippen molar-refractivity contribution in [1.82, 2.24) is 0 Å². The van der Waals surface area contributed by atoms with Gasteiger partial charge in [-0.25, -0.2) is 0 Å². The van der Waals surface area contributed by atoms with Gasteiger partial charge in [-0.1, -0.05) is 29.3 Å². The van der Waals surface area contributed by atoms with E-state index in [1.54, 1.807) is 31.2 Å². The predicted octanol–water partition coefficient (Wildman–Crippen LogP) is 4.26. The number of aryl methyl sites for hydroxylation is 1. The van der Waals surface area contributed by atoms with E-state index in [9.17, 15) is 14.9 Å². The van der Waals surface area contributed by atoms with Gasteiger partial charge in [-0.2, -0.15) is 0 Å². The maximum Gasteiger partial charge on any atom is 0.271 e. The van der Waals surface area contributed by atoms with Crippen molar-refractivity contribution in [2.75, 3.05) is 17.2 Å². The molecule has 0 aliphatic rings. The van der Waals surface area contributed by atoms with Crippen LogP contribution in [0.4, 0.5) is 17.1 Å². The molecule has 0 heterocycles. The van der Waals surface area contributed by atoms with Gasteiger partial charge in [-0.3, -0.25) is 14.9 Å². The Morgan fingerprint density at radius 3 is 2.57 bits per heavy atom. The second-order valence-electron chi connectivity index (χ2n) is 4.79. The summed E-state index contributed by atoms with van der Waals surface area (Å²) in [6.07, 6.45) is 0. The first-order chi connectivity index (χ1) is 10.9. The first kappa shape index (κ1) is 17.1. The van der Waals surface area contributed by atoms with Crippen molar-refractivity contribution >= 4 is 46.2 Å². The zero-order valence-electron chi connectivity index (χ0n) is 12.1. The minimum Gasteiger partial charge on any atom is -0.376 e. The standard InChI is InChI=1S/C15H13Cl2N3O3/c1-9-2-4-11(20(22)23)7-14(9)18-8-15(21)19-10-3-5-12(16)13(17)6-10/h2-7,18H,8H2,1H3,(H,19,21). The first-order valence-corrected chi connectivity index (χ1v) is 7.36. The summed E-state index contributed by atoms with van der Waals surface area (Å²) in [4.78, 5) is 22.2. The van der Waals surface area contributed by atoms with Crippen LogP contribution in [0.15, 0.2) is 36.4 Å². The molecule has 0 saturated heterocycles. The van der Waals surface area contributed by atoms with Crippen molar-refractivity contribution in [1.29, 1.82) is 0 Å². The van der Waals surface area contributed by atoms with Gasteiger partial charge >= 0.3 is 0 Å². The summed E-state index contributed by atoms with van der Waals surface area (Å²) >= 11 is 11.7. The molecule has 0 bridgehead atoms. The van der Waals surface area contributed by atoms with Gasteiger partial charge < -0.3 is 10.6 Å². The van der Waals surface area contributed by atoms with E-state index in [0.29, 0.717) is 21.4 Å². The molecule has 2 aromatic carbocycles. The molecule has 2 rings (SSSR count). The molecule has 0 aliphatic carbocycles. The Balaban J connectivity index is 2.00. The third-order valence-electron chi connectivity index (χ3n) is 3.07. The summed E-state index contributed by atoms with van der Waals surface area (Å²) < 4.78 is 0. The highest BCUT2D eigenvalue weighted by Gasteiger charge is 2.10. The predicted molar refractivity (Wildman–Crippen MR) is 91.4 cm³/mol. The number of hydrogen-bond donors (Lipinski definition) is 2. The van der Waals surface area contributed by atoms with Gasteiger partial charge in [-0.05, 0) is 30.7 Å². The van der Waals surface area contributed by atoms with Crippen LogP contribution < -0.4 is 10.6 Å². The van der Waals surface area contributed by atoms with Gasteiger partial charge in [0, 0.05) is 23.5 Å². The molecule has 1 amide bonds. The van der Waals surface area contributed by atoms with Crippen LogP contribution in [0.25, 0.3) is 0 Å². The van der Waals surface area contributed by atoms with Gasteiger partial charge in [0.05, 0.1) is 21.5 Å². The normalized spacial score (nSPS) is 10.2. The molecule has 6 nitrogen and oxygen atoms in total. The van der Waals surface area contributed by atoms with Crippen molar-refractivity contribution in [3.8, 4) is 0 Å². The summed E-state index contributed by atoms with van der Waals surface area (Å²) in [7, 11) is 0. The quantitative estimate of drug-likeness (QED) is 0.621. The fraction of sp³-hybridized carbons (Fsp3) is 0.133. The number of carbonyl (C=O) groups excluding carboxylic acids is 1. The lowest BCUT2D eigenvalue weighted by Gasteiger charge is -2.10. The SMILES string of the molecule is Cc1ccc([N+](=O)[O-])cc1NCC(=O)Nc1ccc(Cl)c(Cl)c1. The summed E-state index contributed by atoms with van der Waals surface area (Å²) in [6, 6.07) is 9.18. The van der Waals surface area contributed by atoms with Crippen LogP contribution in [0.2, 0.25) is 10.0 Å². The van der Waals surface area contributed by atoms with Gasteiger partial charge in [0.1, 0.15) is 0 Å². The number of anilines is 2. The monoisotopic (exact) mass is 353 g/mol. The number of nitrogens with one attached hydrogen (secondary N) is 2. The zero-order valence-corrected chi connectivity index (χ0v) is 13.6. The van der Waals surface area contributed by atoms with Crippen molar-refractivity contribution in [3.05, 3.63) is 62.1 Å². The van der Waals surface area contributed by atoms with E-state index in [2.05, 4.69) is 10.6 Å². The Kier molecular flexibility index (Phi) is 5.41. The third-order valence-corrected chi connectivity index (χ3v) is 3.81. The first-order valence-electron chi connectivity index (χ1n) is 6.60. The van der Waals surface area contributed by atoms with Crippen LogP contribution in [0.3, 0.4) is 0 Å². The molecule has 0 aromatic heterocycles. The van der Waals surface area contributed by atoms with Crippen LogP contribution in [0.5, 0.6) is 0 Å². The lowest BCUT2D eigenvalue weighted by Crippen LogP contribution is -2.22. The number of carbonyl (C=O) groups is 1. The molecule has 0 saturated carbocycles. The van der Waals surface area contributed by atoms with E-state index >= 15 is 0 Å². The van der Waals surface area contributed by atoms with Crippen LogP contribution in [0, 0.1) is 17.0 Å². The van der Waals surface area contributed by atoms with E-state index < -0.39 is 4.92 Å². The van der Waals surface area contributed by atoms with Crippen molar-refractivity contribution in [2.45, 2.75) is 6.92 Å². The summed E-state index contributed by atoms with van der Waals surface area (Å²) in [5, 5.41) is 17.1. The number of halogens is 2. The van der Waals surface area contributed by atoms with E-state index in [1.165, 1.54) is 12.1 Å². The summed E-state index contributed by atoms with van der Waals surface area (Å²) in [5.74, 6) is -0.311. The van der Waals surface area contributed by atoms with Crippen LogP contribution in [-0.2, 0) is 4.79 Å². The minimum absolute atomic E-state index is 0.0389. The summed E-state index contributed by atoms with van der Waals surface area (Å²) in [5.41, 5.74) is 1.81. The molecule has 23 heavy (non-hydrogen) atoms. The third kappa shape index (κ3) is 4.58. The highest BCUT2D eigenvalue weighted by Crippen LogP contribution is 2.25. The molecule has 120 valence electrons. The maximum absolute atomic E-state index is 11.9. The van der Waals surface area contributed by atoms with E-state index in [1.807, 2.05) is 0 Å². The number of amides is 1. The second-order valence-corrected chi connectivity index (χ2v) is 5.60. The lowest BCUT2D eigenvalue weighted by molar-refractivity contribution is -0.384. The molecule has 0 fully saturated rings. The average Bonchev–Trinajstić information content (AvgIpc) is 2.50. The Morgan fingerprint density at radius 2 is 1.91 bits per heavy atom. The van der Waals surface area contributed by atoms with Crippen LogP contribution >= 0.6 is 23.2 Å². The average molecular weight is 354 g/mol. The molecule has 0 spiro atoms. The van der Waals surface area contributed by atoms with E-state index in [-0.39, 0.29) is 18.1 Å². The Labute approximate surface area is 142 Å². The highest BCUT2D eigenvalue weighted by molar-refractivity contribution is 6.42. The molecule has 0 radical (unpaired) electrons. The topological polar surface area (TPSA) is 84.3 Å². The minimum atomic E-state index is -0.486. The number of hydrogen-bond acceptors (Lipinski definition) is 4. The smallest absolute Gasteiger partial charge is 0.271 e. The van der Waals surface area contributed by atoms with E-state index in [0.717, 1.165) is 5.56 Å². The fourth-order valence-corrected chi connectivity index (χ4v) is 2.17. The molecule has 0 aliphatic heterocycles. The van der Waals surface area contributed by atoms with Crippen molar-refractivity contribution < 1.29 is 9.72 Å². The van der Waals surface area contributed by atoms with Crippen molar-refractivity contribution in [2.24, 2.45) is 0 Å². The Hall–Kier alpha value is -2.31. The van der Waals surface area contributed by atoms with Gasteiger partial charge in [0.25, 0.3) is 5.69 Å². The zero-order chi connectivity index (χ0) is 17.0. The number of nitro benzene ring substituents is 1. The molecular weight excluding hydrogens is 341 g/mol. The number of rotatable bonds is 5. The Bertz CT molecular complexity index is 766. The number of non-ortho nitro benzene ring substituents is 1. The van der Waals surface area contributed by atoms with Gasteiger partial charge in [0.2, 0.25) is 5.91 Å². The Morgan fingerprint density at radius 1 is 1.17 bits per heavy atom.